The first-order valence-corrected chi connectivity index (χ1v) is 9.16. The van der Waals surface area contributed by atoms with Gasteiger partial charge in [-0.2, -0.15) is 0 Å². The molecule has 2 aromatic carbocycles. The Morgan fingerprint density at radius 2 is 1.93 bits per heavy atom. The Kier molecular flexibility index (Phi) is 6.24. The number of para-hydroxylation sites is 1. The molecule has 2 aliphatic rings. The van der Waals surface area contributed by atoms with Gasteiger partial charge in [-0.3, -0.25) is 4.99 Å². The number of benzene rings is 2. The molecule has 1 unspecified atom stereocenters. The normalized spacial score (nSPS) is 19.9. The fourth-order valence-electron chi connectivity index (χ4n) is 3.69. The lowest BCUT2D eigenvalue weighted by molar-refractivity contribution is 0.261. The van der Waals surface area contributed by atoms with E-state index in [4.69, 9.17) is 4.74 Å². The number of aliphatic imine (C=N–C) groups is 1. The predicted octanol–water partition coefficient (Wildman–Crippen LogP) is 4.16. The molecular weight excluding hydrogens is 456 g/mol. The highest BCUT2D eigenvalue weighted by Crippen LogP contribution is 2.48. The number of fused-ring (bicyclic) bond motifs is 1. The van der Waals surface area contributed by atoms with E-state index in [2.05, 4.69) is 21.7 Å². The average molecular weight is 481 g/mol. The van der Waals surface area contributed by atoms with Crippen LogP contribution in [0.1, 0.15) is 36.4 Å². The zero-order chi connectivity index (χ0) is 18.0. The molecule has 0 saturated heterocycles. The summed E-state index contributed by atoms with van der Waals surface area (Å²) in [6.07, 6.45) is 2.88. The number of guanidine groups is 1. The van der Waals surface area contributed by atoms with Gasteiger partial charge in [-0.1, -0.05) is 36.4 Å². The van der Waals surface area contributed by atoms with Crippen LogP contribution in [0.15, 0.2) is 53.5 Å². The summed E-state index contributed by atoms with van der Waals surface area (Å²) < 4.78 is 19.9. The van der Waals surface area contributed by atoms with E-state index < -0.39 is 0 Å². The van der Waals surface area contributed by atoms with E-state index in [1.54, 1.807) is 19.2 Å². The van der Waals surface area contributed by atoms with Gasteiger partial charge in [0.1, 0.15) is 11.6 Å². The standard InChI is InChI=1S/C21H24FN3O.HI/c1-23-20(25-18-10-13-26-19-9-5-2-6-15(18)19)24-14-21(11-12-21)16-7-3-4-8-17(16)22;/h2-9,18H,10-14H2,1H3,(H2,23,24,25);1H. The van der Waals surface area contributed by atoms with Crippen LogP contribution in [0.25, 0.3) is 0 Å². The van der Waals surface area contributed by atoms with E-state index in [9.17, 15) is 4.39 Å². The summed E-state index contributed by atoms with van der Waals surface area (Å²) in [5, 5.41) is 6.90. The molecule has 0 amide bonds. The third-order valence-corrected chi connectivity index (χ3v) is 5.39. The molecule has 6 heteroatoms. The smallest absolute Gasteiger partial charge is 0.191 e. The van der Waals surface area contributed by atoms with Crippen molar-refractivity contribution in [3.63, 3.8) is 0 Å². The molecule has 4 nitrogen and oxygen atoms in total. The molecule has 0 aromatic heterocycles. The second-order valence-corrected chi connectivity index (χ2v) is 7.06. The molecule has 2 aromatic rings. The first-order chi connectivity index (χ1) is 12.7. The molecule has 0 radical (unpaired) electrons. The summed E-state index contributed by atoms with van der Waals surface area (Å²) in [4.78, 5) is 4.36. The topological polar surface area (TPSA) is 45.7 Å². The number of nitrogens with zero attached hydrogens (tertiary/aromatic N) is 1. The van der Waals surface area contributed by atoms with Crippen molar-refractivity contribution in [1.82, 2.24) is 10.6 Å². The largest absolute Gasteiger partial charge is 0.493 e. The van der Waals surface area contributed by atoms with Gasteiger partial charge in [0.25, 0.3) is 0 Å². The van der Waals surface area contributed by atoms with E-state index in [0.29, 0.717) is 13.2 Å². The van der Waals surface area contributed by atoms with Gasteiger partial charge in [0.05, 0.1) is 12.6 Å². The molecule has 0 bridgehead atoms. The minimum Gasteiger partial charge on any atom is -0.493 e. The van der Waals surface area contributed by atoms with Crippen molar-refractivity contribution < 1.29 is 9.13 Å². The van der Waals surface area contributed by atoms with Crippen molar-refractivity contribution in [2.75, 3.05) is 20.2 Å². The number of halogens is 2. The highest BCUT2D eigenvalue weighted by Gasteiger charge is 2.45. The lowest BCUT2D eigenvalue weighted by atomic mass is 9.95. The van der Waals surface area contributed by atoms with Gasteiger partial charge in [0, 0.05) is 31.0 Å². The van der Waals surface area contributed by atoms with Gasteiger partial charge >= 0.3 is 0 Å². The number of nitrogens with one attached hydrogen (secondary N) is 2. The maximum atomic E-state index is 14.2. The molecule has 1 atom stereocenters. The molecule has 27 heavy (non-hydrogen) atoms. The van der Waals surface area contributed by atoms with E-state index in [0.717, 1.165) is 42.1 Å². The Morgan fingerprint density at radius 3 is 2.67 bits per heavy atom. The van der Waals surface area contributed by atoms with Gasteiger partial charge in [-0.15, -0.1) is 24.0 Å². The van der Waals surface area contributed by atoms with Gasteiger partial charge in [0.2, 0.25) is 0 Å². The second-order valence-electron chi connectivity index (χ2n) is 7.06. The summed E-state index contributed by atoms with van der Waals surface area (Å²) >= 11 is 0. The number of hydrogen-bond donors (Lipinski definition) is 2. The zero-order valence-electron chi connectivity index (χ0n) is 15.4. The molecule has 1 heterocycles. The van der Waals surface area contributed by atoms with Crippen LogP contribution in [-0.4, -0.2) is 26.2 Å². The molecular formula is C21H25FIN3O. The lowest BCUT2D eigenvalue weighted by Crippen LogP contribution is -2.43. The summed E-state index contributed by atoms with van der Waals surface area (Å²) in [7, 11) is 1.77. The van der Waals surface area contributed by atoms with Crippen molar-refractivity contribution in [3.05, 3.63) is 65.5 Å². The summed E-state index contributed by atoms with van der Waals surface area (Å²) in [6.45, 7) is 1.36. The number of ether oxygens (including phenoxy) is 1. The van der Waals surface area contributed by atoms with Crippen LogP contribution in [0.5, 0.6) is 5.75 Å². The van der Waals surface area contributed by atoms with E-state index >= 15 is 0 Å². The average Bonchev–Trinajstić information content (AvgIpc) is 3.46. The van der Waals surface area contributed by atoms with Crippen molar-refractivity contribution >= 4 is 29.9 Å². The quantitative estimate of drug-likeness (QED) is 0.392. The number of hydrogen-bond acceptors (Lipinski definition) is 2. The Labute approximate surface area is 176 Å². The van der Waals surface area contributed by atoms with Gasteiger partial charge in [-0.05, 0) is 30.5 Å². The van der Waals surface area contributed by atoms with Crippen LogP contribution in [0.3, 0.4) is 0 Å². The van der Waals surface area contributed by atoms with Crippen LogP contribution < -0.4 is 15.4 Å². The third kappa shape index (κ3) is 4.20. The van der Waals surface area contributed by atoms with Crippen molar-refractivity contribution in [3.8, 4) is 5.75 Å². The van der Waals surface area contributed by atoms with Crippen molar-refractivity contribution in [2.24, 2.45) is 4.99 Å². The van der Waals surface area contributed by atoms with Gasteiger partial charge < -0.3 is 15.4 Å². The predicted molar refractivity (Wildman–Crippen MR) is 117 cm³/mol. The van der Waals surface area contributed by atoms with Gasteiger partial charge in [-0.25, -0.2) is 4.39 Å². The fourth-order valence-corrected chi connectivity index (χ4v) is 3.69. The summed E-state index contributed by atoms with van der Waals surface area (Å²) in [5.41, 5.74) is 1.84. The first kappa shape index (κ1) is 19.9. The highest BCUT2D eigenvalue weighted by molar-refractivity contribution is 14.0. The highest BCUT2D eigenvalue weighted by atomic mass is 127. The third-order valence-electron chi connectivity index (χ3n) is 5.39. The Morgan fingerprint density at radius 1 is 1.19 bits per heavy atom. The minimum atomic E-state index is -0.117. The monoisotopic (exact) mass is 481 g/mol. The van der Waals surface area contributed by atoms with Crippen LogP contribution in [0, 0.1) is 5.82 Å². The SMILES string of the molecule is CN=C(NCC1(c2ccccc2F)CC1)NC1CCOc2ccccc21.I. The minimum absolute atomic E-state index is 0. The molecule has 0 spiro atoms. The van der Waals surface area contributed by atoms with Crippen LogP contribution in [-0.2, 0) is 5.41 Å². The van der Waals surface area contributed by atoms with Crippen LogP contribution in [0.2, 0.25) is 0 Å². The lowest BCUT2D eigenvalue weighted by Gasteiger charge is -2.28. The molecule has 1 saturated carbocycles. The number of rotatable bonds is 4. The maximum absolute atomic E-state index is 14.2. The second kappa shape index (κ2) is 8.46. The van der Waals surface area contributed by atoms with E-state index in [-0.39, 0.29) is 41.3 Å². The Balaban J connectivity index is 0.00000210. The zero-order valence-corrected chi connectivity index (χ0v) is 17.7. The summed E-state index contributed by atoms with van der Waals surface area (Å²) in [5.74, 6) is 1.55. The van der Waals surface area contributed by atoms with Crippen LogP contribution >= 0.6 is 24.0 Å². The van der Waals surface area contributed by atoms with Crippen LogP contribution in [0.4, 0.5) is 4.39 Å². The van der Waals surface area contributed by atoms with Crippen molar-refractivity contribution in [1.29, 1.82) is 0 Å². The molecule has 1 aliphatic heterocycles. The fraction of sp³-hybridized carbons (Fsp3) is 0.381. The molecule has 4 rings (SSSR count). The Bertz CT molecular complexity index is 823. The van der Waals surface area contributed by atoms with Crippen molar-refractivity contribution in [2.45, 2.75) is 30.7 Å². The molecule has 2 N–H and O–H groups in total. The first-order valence-electron chi connectivity index (χ1n) is 9.16. The van der Waals surface area contributed by atoms with E-state index in [1.165, 1.54) is 0 Å². The van der Waals surface area contributed by atoms with Gasteiger partial charge in [0.15, 0.2) is 5.96 Å². The van der Waals surface area contributed by atoms with E-state index in [1.807, 2.05) is 30.3 Å². The maximum Gasteiger partial charge on any atom is 0.191 e. The molecule has 1 aliphatic carbocycles. The molecule has 144 valence electrons. The molecule has 1 fully saturated rings. The summed E-state index contributed by atoms with van der Waals surface area (Å²) in [6, 6.07) is 15.3. The Hall–Kier alpha value is -1.83.